The van der Waals surface area contributed by atoms with Crippen LogP contribution in [-0.4, -0.2) is 17.1 Å². The third-order valence-corrected chi connectivity index (χ3v) is 4.99. The Morgan fingerprint density at radius 2 is 1.50 bits per heavy atom. The first-order valence-electron chi connectivity index (χ1n) is 6.73. The van der Waals surface area contributed by atoms with Crippen molar-refractivity contribution in [2.45, 2.75) is 19.1 Å². The molecule has 0 saturated carbocycles. The van der Waals surface area contributed by atoms with Gasteiger partial charge < -0.3 is 4.74 Å². The Hall–Kier alpha value is -1.61. The second kappa shape index (κ2) is 6.71. The molecule has 0 N–H and O–H groups in total. The summed E-state index contributed by atoms with van der Waals surface area (Å²) in [7, 11) is 0.727. The smallest absolute Gasteiger partial charge is 0.118 e. The highest BCUT2D eigenvalue weighted by atomic mass is 32.2. The Labute approximate surface area is 123 Å². The molecule has 0 heterocycles. The molecule has 106 valence electrons. The molecular weight excluding hydrogens is 268 g/mol. The lowest BCUT2D eigenvalue weighted by Gasteiger charge is -2.17. The summed E-state index contributed by atoms with van der Waals surface area (Å²) in [6.07, 6.45) is 0. The van der Waals surface area contributed by atoms with Crippen molar-refractivity contribution in [1.82, 2.24) is 0 Å². The molecule has 0 aliphatic carbocycles. The van der Waals surface area contributed by atoms with Gasteiger partial charge in [-0.15, -0.1) is 0 Å². The molecule has 0 saturated heterocycles. The zero-order chi connectivity index (χ0) is 14.5. The van der Waals surface area contributed by atoms with Crippen LogP contribution in [0.5, 0.6) is 5.75 Å². The molecule has 2 aromatic rings. The monoisotopic (exact) mass is 288 g/mol. The van der Waals surface area contributed by atoms with Crippen molar-refractivity contribution >= 4 is 10.8 Å². The maximum absolute atomic E-state index is 12.4. The quantitative estimate of drug-likeness (QED) is 0.835. The first-order valence-corrected chi connectivity index (χ1v) is 8.11. The number of aryl methyl sites for hydroxylation is 1. The van der Waals surface area contributed by atoms with Crippen LogP contribution in [-0.2, 0) is 10.8 Å². The summed E-state index contributed by atoms with van der Waals surface area (Å²) >= 11 is 0. The maximum Gasteiger partial charge on any atom is 0.118 e. The van der Waals surface area contributed by atoms with E-state index in [0.29, 0.717) is 5.75 Å². The number of hydrogen-bond acceptors (Lipinski definition) is 2. The normalized spacial score (nSPS) is 13.8. The highest BCUT2D eigenvalue weighted by molar-refractivity contribution is 7.85. The SMILES string of the molecule is CCS(=O)C(c1ccc(C)cc1)c1ccc(OC)cc1. The molecule has 20 heavy (non-hydrogen) atoms. The van der Waals surface area contributed by atoms with Crippen molar-refractivity contribution in [2.24, 2.45) is 0 Å². The molecule has 2 aromatic carbocycles. The van der Waals surface area contributed by atoms with E-state index in [-0.39, 0.29) is 5.25 Å². The fourth-order valence-corrected chi connectivity index (χ4v) is 3.44. The second-order valence-electron chi connectivity index (χ2n) is 4.73. The minimum Gasteiger partial charge on any atom is -0.497 e. The fourth-order valence-electron chi connectivity index (χ4n) is 2.18. The van der Waals surface area contributed by atoms with Crippen LogP contribution in [0.25, 0.3) is 0 Å². The van der Waals surface area contributed by atoms with Crippen molar-refractivity contribution in [3.63, 3.8) is 0 Å². The summed E-state index contributed by atoms with van der Waals surface area (Å²) in [4.78, 5) is 0. The van der Waals surface area contributed by atoms with Gasteiger partial charge >= 0.3 is 0 Å². The Morgan fingerprint density at radius 3 is 1.95 bits per heavy atom. The number of benzene rings is 2. The van der Waals surface area contributed by atoms with Crippen LogP contribution in [0.2, 0.25) is 0 Å². The molecule has 0 aromatic heterocycles. The van der Waals surface area contributed by atoms with Crippen LogP contribution in [0.4, 0.5) is 0 Å². The van der Waals surface area contributed by atoms with E-state index in [1.54, 1.807) is 7.11 Å². The van der Waals surface area contributed by atoms with Crippen molar-refractivity contribution in [1.29, 1.82) is 0 Å². The molecule has 0 radical (unpaired) electrons. The standard InChI is InChI=1S/C17H20O2S/c1-4-20(18)17(14-7-5-13(2)6-8-14)15-9-11-16(19-3)12-10-15/h5-12,17H,4H2,1-3H3. The average molecular weight is 288 g/mol. The summed E-state index contributed by atoms with van der Waals surface area (Å²) in [5.41, 5.74) is 3.38. The number of rotatable bonds is 5. The van der Waals surface area contributed by atoms with Crippen LogP contribution in [0.3, 0.4) is 0 Å². The minimum atomic E-state index is -0.923. The largest absolute Gasteiger partial charge is 0.497 e. The molecular formula is C17H20O2S. The van der Waals surface area contributed by atoms with Crippen LogP contribution >= 0.6 is 0 Å². The number of ether oxygens (including phenoxy) is 1. The molecule has 3 heteroatoms. The molecule has 0 aliphatic heterocycles. The van der Waals surface area contributed by atoms with E-state index in [9.17, 15) is 4.21 Å². The summed E-state index contributed by atoms with van der Waals surface area (Å²) < 4.78 is 17.6. The van der Waals surface area contributed by atoms with E-state index in [1.807, 2.05) is 31.2 Å². The summed E-state index contributed by atoms with van der Waals surface area (Å²) in [5, 5.41) is -0.0773. The summed E-state index contributed by atoms with van der Waals surface area (Å²) in [6.45, 7) is 4.02. The van der Waals surface area contributed by atoms with E-state index in [1.165, 1.54) is 5.56 Å². The molecule has 2 nitrogen and oxygen atoms in total. The van der Waals surface area contributed by atoms with Gasteiger partial charge in [-0.1, -0.05) is 48.9 Å². The van der Waals surface area contributed by atoms with Crippen molar-refractivity contribution in [3.8, 4) is 5.75 Å². The number of hydrogen-bond donors (Lipinski definition) is 0. The van der Waals surface area contributed by atoms with Gasteiger partial charge in [0.2, 0.25) is 0 Å². The zero-order valence-corrected chi connectivity index (χ0v) is 12.9. The molecule has 2 unspecified atom stereocenters. The summed E-state index contributed by atoms with van der Waals surface area (Å²) in [6, 6.07) is 16.1. The lowest BCUT2D eigenvalue weighted by Crippen LogP contribution is -2.10. The molecule has 0 spiro atoms. The van der Waals surface area contributed by atoms with Gasteiger partial charge in [-0.2, -0.15) is 0 Å². The van der Waals surface area contributed by atoms with Crippen molar-refractivity contribution in [3.05, 3.63) is 65.2 Å². The van der Waals surface area contributed by atoms with Gasteiger partial charge in [0, 0.05) is 16.6 Å². The molecule has 0 fully saturated rings. The maximum atomic E-state index is 12.4. The third-order valence-electron chi connectivity index (χ3n) is 3.35. The zero-order valence-electron chi connectivity index (χ0n) is 12.1. The third kappa shape index (κ3) is 3.28. The van der Waals surface area contributed by atoms with E-state index in [4.69, 9.17) is 4.74 Å². The van der Waals surface area contributed by atoms with Crippen LogP contribution in [0, 0.1) is 6.92 Å². The predicted molar refractivity (Wildman–Crippen MR) is 84.7 cm³/mol. The van der Waals surface area contributed by atoms with E-state index in [2.05, 4.69) is 31.2 Å². The van der Waals surface area contributed by atoms with Gasteiger partial charge in [-0.05, 0) is 30.2 Å². The summed E-state index contributed by atoms with van der Waals surface area (Å²) in [5.74, 6) is 1.46. The lowest BCUT2D eigenvalue weighted by molar-refractivity contribution is 0.414. The first kappa shape index (κ1) is 14.8. The van der Waals surface area contributed by atoms with Gasteiger partial charge in [0.05, 0.1) is 12.4 Å². The molecule has 2 rings (SSSR count). The molecule has 2 atom stereocenters. The molecule has 0 bridgehead atoms. The first-order chi connectivity index (χ1) is 9.65. The van der Waals surface area contributed by atoms with Crippen molar-refractivity contribution in [2.75, 3.05) is 12.9 Å². The second-order valence-corrected chi connectivity index (χ2v) is 6.54. The van der Waals surface area contributed by atoms with Gasteiger partial charge in [0.25, 0.3) is 0 Å². The highest BCUT2D eigenvalue weighted by Gasteiger charge is 2.19. The Bertz CT molecular complexity index is 573. The van der Waals surface area contributed by atoms with Crippen molar-refractivity contribution < 1.29 is 8.95 Å². The van der Waals surface area contributed by atoms with Crippen LogP contribution in [0.15, 0.2) is 48.5 Å². The van der Waals surface area contributed by atoms with Gasteiger partial charge in [-0.3, -0.25) is 4.21 Å². The van der Waals surface area contributed by atoms with Gasteiger partial charge in [0.15, 0.2) is 0 Å². The number of methoxy groups -OCH3 is 1. The predicted octanol–water partition coefficient (Wildman–Crippen LogP) is 3.86. The topological polar surface area (TPSA) is 26.3 Å². The lowest BCUT2D eigenvalue weighted by atomic mass is 10.0. The highest BCUT2D eigenvalue weighted by Crippen LogP contribution is 2.29. The Morgan fingerprint density at radius 1 is 1.00 bits per heavy atom. The average Bonchev–Trinajstić information content (AvgIpc) is 2.50. The van der Waals surface area contributed by atoms with Crippen LogP contribution < -0.4 is 4.74 Å². The van der Waals surface area contributed by atoms with E-state index < -0.39 is 10.8 Å². The fraction of sp³-hybridized carbons (Fsp3) is 0.294. The molecule has 0 amide bonds. The van der Waals surface area contributed by atoms with Gasteiger partial charge in [0.1, 0.15) is 5.75 Å². The van der Waals surface area contributed by atoms with E-state index in [0.717, 1.165) is 16.9 Å². The van der Waals surface area contributed by atoms with E-state index >= 15 is 0 Å². The van der Waals surface area contributed by atoms with Crippen LogP contribution in [0.1, 0.15) is 28.9 Å². The van der Waals surface area contributed by atoms with Gasteiger partial charge in [-0.25, -0.2) is 0 Å². The Balaban J connectivity index is 2.41. The Kier molecular flexibility index (Phi) is 4.96. The molecule has 0 aliphatic rings. The minimum absolute atomic E-state index is 0.0773.